The van der Waals surface area contributed by atoms with E-state index in [9.17, 15) is 0 Å². The molecule has 1 aliphatic heterocycles. The van der Waals surface area contributed by atoms with Gasteiger partial charge in [-0.15, -0.1) is 24.0 Å². The minimum atomic E-state index is 0. The highest BCUT2D eigenvalue weighted by atomic mass is 127. The van der Waals surface area contributed by atoms with E-state index in [-0.39, 0.29) is 24.0 Å². The number of hydrogen-bond acceptors (Lipinski definition) is 4. The monoisotopic (exact) mass is 338 g/mol. The Morgan fingerprint density at radius 2 is 2.00 bits per heavy atom. The van der Waals surface area contributed by atoms with Crippen molar-refractivity contribution in [1.29, 1.82) is 0 Å². The topological polar surface area (TPSA) is 53.6 Å². The molecule has 4 nitrogen and oxygen atoms in total. The van der Waals surface area contributed by atoms with Crippen molar-refractivity contribution in [2.45, 2.75) is 0 Å². The summed E-state index contributed by atoms with van der Waals surface area (Å²) in [7, 11) is 0. The van der Waals surface area contributed by atoms with Crippen LogP contribution in [0.4, 0.5) is 5.69 Å². The van der Waals surface area contributed by atoms with Crippen LogP contribution in [0.3, 0.4) is 0 Å². The van der Waals surface area contributed by atoms with Crippen molar-refractivity contribution in [3.05, 3.63) is 29.3 Å². The van der Waals surface area contributed by atoms with Crippen molar-refractivity contribution < 1.29 is 0 Å². The second kappa shape index (κ2) is 5.53. The predicted octanol–water partition coefficient (Wildman–Crippen LogP) is 1.60. The fraction of sp³-hybridized carbons (Fsp3) is 0.222. The third kappa shape index (κ3) is 2.73. The Morgan fingerprint density at radius 1 is 1.33 bits per heavy atom. The van der Waals surface area contributed by atoms with E-state index in [0.717, 1.165) is 23.8 Å². The third-order valence-electron chi connectivity index (χ3n) is 2.11. The van der Waals surface area contributed by atoms with E-state index in [4.69, 9.17) is 17.4 Å². The molecule has 0 radical (unpaired) electrons. The van der Waals surface area contributed by atoms with Crippen molar-refractivity contribution in [3.63, 3.8) is 0 Å². The molecule has 1 aromatic rings. The lowest BCUT2D eigenvalue weighted by atomic mass is 10.3. The van der Waals surface area contributed by atoms with Gasteiger partial charge in [0.15, 0.2) is 0 Å². The lowest BCUT2D eigenvalue weighted by Crippen LogP contribution is -2.42. The zero-order valence-corrected chi connectivity index (χ0v) is 11.1. The van der Waals surface area contributed by atoms with Crippen LogP contribution in [0.25, 0.3) is 0 Å². The molecule has 0 spiro atoms. The zero-order valence-electron chi connectivity index (χ0n) is 7.98. The van der Waals surface area contributed by atoms with Crippen molar-refractivity contribution in [3.8, 4) is 0 Å². The van der Waals surface area contributed by atoms with E-state index >= 15 is 0 Å². The van der Waals surface area contributed by atoms with Gasteiger partial charge in [-0.25, -0.2) is 10.8 Å². The summed E-state index contributed by atoms with van der Waals surface area (Å²) in [6.45, 7) is 1.61. The second-order valence-corrected chi connectivity index (χ2v) is 3.41. The molecule has 0 fully saturated rings. The first-order chi connectivity index (χ1) is 6.81. The highest BCUT2D eigenvalue weighted by Crippen LogP contribution is 2.19. The summed E-state index contributed by atoms with van der Waals surface area (Å²) < 4.78 is 0. The number of hydrogen-bond donors (Lipinski definition) is 2. The molecule has 3 N–H and O–H groups in total. The molecule has 0 saturated carbocycles. The molecule has 0 aliphatic carbocycles. The first-order valence-electron chi connectivity index (χ1n) is 4.35. The van der Waals surface area contributed by atoms with Gasteiger partial charge in [-0.05, 0) is 24.3 Å². The number of anilines is 1. The molecule has 1 aliphatic rings. The summed E-state index contributed by atoms with van der Waals surface area (Å²) in [6.07, 6.45) is 0. The van der Waals surface area contributed by atoms with Crippen LogP contribution in [0.15, 0.2) is 29.3 Å². The Morgan fingerprint density at radius 3 is 2.60 bits per heavy atom. The van der Waals surface area contributed by atoms with Gasteiger partial charge in [-0.1, -0.05) is 11.6 Å². The minimum Gasteiger partial charge on any atom is -0.310 e. The number of guanidine groups is 1. The predicted molar refractivity (Wildman–Crippen MR) is 73.8 cm³/mol. The summed E-state index contributed by atoms with van der Waals surface area (Å²) >= 11 is 5.80. The van der Waals surface area contributed by atoms with E-state index in [1.807, 2.05) is 29.2 Å². The van der Waals surface area contributed by atoms with Crippen LogP contribution in [-0.2, 0) is 0 Å². The molecule has 0 aromatic heterocycles. The molecule has 1 heterocycles. The van der Waals surface area contributed by atoms with Crippen LogP contribution in [0, 0.1) is 0 Å². The van der Waals surface area contributed by atoms with Crippen LogP contribution in [0.1, 0.15) is 0 Å². The standard InChI is InChI=1S/C9H11ClN4.HI/c10-7-1-3-8(4-2-7)14-6-5-12-9(14)13-11;/h1-4H,5-6,11H2,(H,12,13);1H. The molecule has 0 saturated heterocycles. The van der Waals surface area contributed by atoms with Crippen molar-refractivity contribution in [2.24, 2.45) is 10.8 Å². The van der Waals surface area contributed by atoms with Gasteiger partial charge in [0.1, 0.15) is 0 Å². The Kier molecular flexibility index (Phi) is 4.62. The molecule has 2 rings (SSSR count). The van der Waals surface area contributed by atoms with Gasteiger partial charge < -0.3 is 4.90 Å². The van der Waals surface area contributed by atoms with Crippen LogP contribution in [0.5, 0.6) is 0 Å². The number of rotatable bonds is 1. The molecule has 0 unspecified atom stereocenters. The quantitative estimate of drug-likeness (QED) is 0.465. The van der Waals surface area contributed by atoms with Gasteiger partial charge in [0.05, 0.1) is 6.54 Å². The van der Waals surface area contributed by atoms with Crippen LogP contribution >= 0.6 is 35.6 Å². The fourth-order valence-corrected chi connectivity index (χ4v) is 1.57. The van der Waals surface area contributed by atoms with Gasteiger partial charge in [0, 0.05) is 17.3 Å². The zero-order chi connectivity index (χ0) is 9.97. The molecule has 6 heteroatoms. The molecule has 0 amide bonds. The van der Waals surface area contributed by atoms with Gasteiger partial charge in [0.25, 0.3) is 0 Å². The molecule has 0 atom stereocenters. The molecule has 1 aromatic carbocycles. The van der Waals surface area contributed by atoms with E-state index in [1.165, 1.54) is 0 Å². The Bertz CT molecular complexity index is 352. The van der Waals surface area contributed by atoms with E-state index < -0.39 is 0 Å². The lowest BCUT2D eigenvalue weighted by molar-refractivity contribution is 0.976. The largest absolute Gasteiger partial charge is 0.310 e. The van der Waals surface area contributed by atoms with Crippen LogP contribution in [-0.4, -0.2) is 19.0 Å². The first kappa shape index (κ1) is 12.5. The third-order valence-corrected chi connectivity index (χ3v) is 2.36. The summed E-state index contributed by atoms with van der Waals surface area (Å²) in [4.78, 5) is 6.22. The maximum Gasteiger partial charge on any atom is 0.213 e. The molecule has 82 valence electrons. The molecular formula is C9H12ClIN4. The minimum absolute atomic E-state index is 0. The maximum atomic E-state index is 5.80. The Labute approximate surface area is 110 Å². The number of halogens is 2. The second-order valence-electron chi connectivity index (χ2n) is 2.98. The number of aliphatic imine (C=N–C) groups is 1. The number of benzene rings is 1. The van der Waals surface area contributed by atoms with Crippen molar-refractivity contribution in [2.75, 3.05) is 18.0 Å². The summed E-state index contributed by atoms with van der Waals surface area (Å²) in [5.41, 5.74) is 3.62. The lowest BCUT2D eigenvalue weighted by Gasteiger charge is -2.19. The highest BCUT2D eigenvalue weighted by molar-refractivity contribution is 14.0. The van der Waals surface area contributed by atoms with Gasteiger partial charge >= 0.3 is 0 Å². The maximum absolute atomic E-state index is 5.80. The number of nitrogens with zero attached hydrogens (tertiary/aromatic N) is 2. The number of hydrazine groups is 1. The number of nitrogens with two attached hydrogens (primary N) is 1. The smallest absolute Gasteiger partial charge is 0.213 e. The van der Waals surface area contributed by atoms with E-state index in [2.05, 4.69) is 10.4 Å². The van der Waals surface area contributed by atoms with Crippen LogP contribution < -0.4 is 16.2 Å². The number of nitrogens with one attached hydrogen (secondary N) is 1. The van der Waals surface area contributed by atoms with E-state index in [0.29, 0.717) is 5.96 Å². The molecule has 15 heavy (non-hydrogen) atoms. The fourth-order valence-electron chi connectivity index (χ4n) is 1.44. The van der Waals surface area contributed by atoms with E-state index in [1.54, 1.807) is 0 Å². The normalized spacial score (nSPS) is 14.5. The molecule has 0 bridgehead atoms. The summed E-state index contributed by atoms with van der Waals surface area (Å²) in [5.74, 6) is 6.04. The van der Waals surface area contributed by atoms with Crippen molar-refractivity contribution in [1.82, 2.24) is 5.43 Å². The Balaban J connectivity index is 0.00000112. The summed E-state index contributed by atoms with van der Waals surface area (Å²) in [5, 5.41) is 0.729. The van der Waals surface area contributed by atoms with Crippen LogP contribution in [0.2, 0.25) is 5.02 Å². The average Bonchev–Trinajstić information content (AvgIpc) is 2.67. The molecular weight excluding hydrogens is 326 g/mol. The first-order valence-corrected chi connectivity index (χ1v) is 4.73. The van der Waals surface area contributed by atoms with Gasteiger partial charge in [0.2, 0.25) is 5.96 Å². The average molecular weight is 339 g/mol. The Hall–Kier alpha value is -0.530. The van der Waals surface area contributed by atoms with Crippen molar-refractivity contribution >= 4 is 47.2 Å². The summed E-state index contributed by atoms with van der Waals surface area (Å²) in [6, 6.07) is 7.59. The van der Waals surface area contributed by atoms with Gasteiger partial charge in [-0.3, -0.25) is 5.43 Å². The SMILES string of the molecule is I.NNC1=NCCN1c1ccc(Cl)cc1. The highest BCUT2D eigenvalue weighted by Gasteiger charge is 2.16. The van der Waals surface area contributed by atoms with Gasteiger partial charge in [-0.2, -0.15) is 0 Å².